The molecule has 0 saturated carbocycles. The van der Waals surface area contributed by atoms with Crippen LogP contribution < -0.4 is 0 Å². The van der Waals surface area contributed by atoms with E-state index in [1.54, 1.807) is 9.80 Å². The number of piperidine rings is 1. The zero-order valence-corrected chi connectivity index (χ0v) is 19.8. The minimum Gasteiger partial charge on any atom is -0.445 e. The lowest BCUT2D eigenvalue weighted by molar-refractivity contribution is 0.0218. The summed E-state index contributed by atoms with van der Waals surface area (Å²) in [6, 6.07) is 9.63. The predicted octanol–water partition coefficient (Wildman–Crippen LogP) is 5.00. The van der Waals surface area contributed by atoms with Gasteiger partial charge in [-0.2, -0.15) is 0 Å². The van der Waals surface area contributed by atoms with E-state index >= 15 is 0 Å². The van der Waals surface area contributed by atoms with Crippen molar-refractivity contribution in [2.24, 2.45) is 0 Å². The van der Waals surface area contributed by atoms with Crippen LogP contribution in [0.25, 0.3) is 0 Å². The van der Waals surface area contributed by atoms with Gasteiger partial charge in [0, 0.05) is 37.4 Å². The molecule has 2 aromatic rings. The number of nitrogens with zero attached hydrogens (tertiary/aromatic N) is 3. The molecule has 2 saturated heterocycles. The lowest BCUT2D eigenvalue weighted by Crippen LogP contribution is -2.38. The number of hydrogen-bond acceptors (Lipinski definition) is 5. The van der Waals surface area contributed by atoms with Crippen molar-refractivity contribution in [1.82, 2.24) is 19.8 Å². The molecular weight excluding hydrogens is 420 g/mol. The number of ether oxygens (including phenoxy) is 2. The molecule has 0 radical (unpaired) electrons. The average Bonchev–Trinajstić information content (AvgIpc) is 3.47. The molecule has 2 aliphatic rings. The van der Waals surface area contributed by atoms with Crippen molar-refractivity contribution in [2.45, 2.75) is 70.6 Å². The number of hydrogen-bond donors (Lipinski definition) is 1. The van der Waals surface area contributed by atoms with Crippen LogP contribution in [0.3, 0.4) is 0 Å². The summed E-state index contributed by atoms with van der Waals surface area (Å²) in [4.78, 5) is 36.7. The highest BCUT2D eigenvalue weighted by Crippen LogP contribution is 2.34. The Bertz CT molecular complexity index is 945. The fourth-order valence-electron chi connectivity index (χ4n) is 4.50. The number of nitrogens with one attached hydrogen (secondary N) is 1. The van der Waals surface area contributed by atoms with E-state index in [2.05, 4.69) is 9.97 Å². The monoisotopic (exact) mass is 454 g/mol. The second-order valence-electron chi connectivity index (χ2n) is 9.86. The van der Waals surface area contributed by atoms with Crippen molar-refractivity contribution >= 4 is 12.2 Å². The number of amides is 2. The molecule has 178 valence electrons. The third kappa shape index (κ3) is 5.86. The molecule has 1 unspecified atom stereocenters. The number of carbonyl (C=O) groups is 2. The van der Waals surface area contributed by atoms with Gasteiger partial charge in [-0.1, -0.05) is 30.3 Å². The summed E-state index contributed by atoms with van der Waals surface area (Å²) in [6.07, 6.45) is 4.84. The molecule has 3 heterocycles. The third-order valence-corrected chi connectivity index (χ3v) is 6.21. The van der Waals surface area contributed by atoms with Gasteiger partial charge in [-0.15, -0.1) is 0 Å². The molecule has 8 heteroatoms. The first-order chi connectivity index (χ1) is 15.8. The van der Waals surface area contributed by atoms with Crippen LogP contribution in [-0.4, -0.2) is 57.2 Å². The summed E-state index contributed by atoms with van der Waals surface area (Å²) in [5.74, 6) is 1.12. The molecule has 2 aliphatic heterocycles. The topological polar surface area (TPSA) is 87.8 Å². The highest BCUT2D eigenvalue weighted by Gasteiger charge is 2.35. The van der Waals surface area contributed by atoms with Crippen LogP contribution in [0.1, 0.15) is 75.5 Å². The molecule has 1 aromatic carbocycles. The molecular formula is C25H34N4O4. The van der Waals surface area contributed by atoms with Crippen molar-refractivity contribution in [2.75, 3.05) is 19.6 Å². The van der Waals surface area contributed by atoms with Crippen LogP contribution in [0.15, 0.2) is 36.5 Å². The van der Waals surface area contributed by atoms with Gasteiger partial charge in [0.25, 0.3) is 0 Å². The van der Waals surface area contributed by atoms with Gasteiger partial charge < -0.3 is 19.4 Å². The van der Waals surface area contributed by atoms with Gasteiger partial charge in [0.1, 0.15) is 18.0 Å². The summed E-state index contributed by atoms with van der Waals surface area (Å²) in [5.41, 5.74) is 1.53. The van der Waals surface area contributed by atoms with Crippen LogP contribution in [0.2, 0.25) is 0 Å². The number of H-pyrrole nitrogens is 1. The molecule has 1 N–H and O–H groups in total. The van der Waals surface area contributed by atoms with Gasteiger partial charge in [-0.25, -0.2) is 14.6 Å². The number of rotatable bonds is 4. The molecule has 0 bridgehead atoms. The van der Waals surface area contributed by atoms with Gasteiger partial charge in [0.2, 0.25) is 0 Å². The Kier molecular flexibility index (Phi) is 6.91. The van der Waals surface area contributed by atoms with Crippen LogP contribution in [0.5, 0.6) is 0 Å². The lowest BCUT2D eigenvalue weighted by Gasteiger charge is -2.31. The minimum absolute atomic E-state index is 0.0818. The van der Waals surface area contributed by atoms with E-state index in [0.717, 1.165) is 42.8 Å². The van der Waals surface area contributed by atoms with E-state index in [-0.39, 0.29) is 18.2 Å². The van der Waals surface area contributed by atoms with Gasteiger partial charge in [-0.05, 0) is 52.0 Å². The van der Waals surface area contributed by atoms with Gasteiger partial charge in [0.05, 0.1) is 6.04 Å². The second kappa shape index (κ2) is 9.85. The zero-order valence-electron chi connectivity index (χ0n) is 19.8. The molecule has 0 aliphatic carbocycles. The number of benzene rings is 1. The first-order valence-corrected chi connectivity index (χ1v) is 11.8. The largest absolute Gasteiger partial charge is 0.445 e. The Balaban J connectivity index is 1.30. The Morgan fingerprint density at radius 3 is 2.48 bits per heavy atom. The minimum atomic E-state index is -0.519. The summed E-state index contributed by atoms with van der Waals surface area (Å²) in [6.45, 7) is 7.92. The zero-order chi connectivity index (χ0) is 23.4. The molecule has 2 amide bonds. The molecule has 33 heavy (non-hydrogen) atoms. The number of carbonyl (C=O) groups excluding carboxylic acids is 2. The highest BCUT2D eigenvalue weighted by molar-refractivity contribution is 5.69. The fraction of sp³-hybridized carbons (Fsp3) is 0.560. The van der Waals surface area contributed by atoms with Crippen molar-refractivity contribution in [3.8, 4) is 0 Å². The quantitative estimate of drug-likeness (QED) is 0.703. The van der Waals surface area contributed by atoms with E-state index in [4.69, 9.17) is 9.47 Å². The lowest BCUT2D eigenvalue weighted by atomic mass is 9.94. The molecule has 2 fully saturated rings. The van der Waals surface area contributed by atoms with Crippen LogP contribution in [-0.2, 0) is 16.1 Å². The first kappa shape index (κ1) is 23.1. The van der Waals surface area contributed by atoms with E-state index in [9.17, 15) is 9.59 Å². The Hall–Kier alpha value is -3.03. The molecule has 4 rings (SSSR count). The summed E-state index contributed by atoms with van der Waals surface area (Å²) in [5, 5.41) is 0. The smallest absolute Gasteiger partial charge is 0.410 e. The molecule has 1 atom stereocenters. The summed E-state index contributed by atoms with van der Waals surface area (Å²) < 4.78 is 11.0. The standard InChI is InChI=1S/C25H34N4O4/c1-25(2,3)33-24(31)29-13-7-10-21(29)22-26-16-20(27-22)19-11-14-28(15-12-19)23(30)32-17-18-8-5-4-6-9-18/h4-6,8-9,16,19,21H,7,10-15,17H2,1-3H3,(H,26,27). The Morgan fingerprint density at radius 1 is 1.06 bits per heavy atom. The predicted molar refractivity (Wildman–Crippen MR) is 124 cm³/mol. The maximum atomic E-state index is 12.6. The van der Waals surface area contributed by atoms with Crippen LogP contribution in [0, 0.1) is 0 Å². The summed E-state index contributed by atoms with van der Waals surface area (Å²) in [7, 11) is 0. The van der Waals surface area contributed by atoms with Crippen molar-refractivity contribution in [3.05, 3.63) is 53.6 Å². The maximum Gasteiger partial charge on any atom is 0.410 e. The van der Waals surface area contributed by atoms with Crippen molar-refractivity contribution < 1.29 is 19.1 Å². The number of aromatic amines is 1. The Labute approximate surface area is 195 Å². The summed E-state index contributed by atoms with van der Waals surface area (Å²) >= 11 is 0. The van der Waals surface area contributed by atoms with E-state index in [1.807, 2.05) is 57.3 Å². The number of likely N-dealkylation sites (tertiary alicyclic amines) is 2. The normalized spacial score (nSPS) is 19.5. The van der Waals surface area contributed by atoms with Gasteiger partial charge in [0.15, 0.2) is 0 Å². The molecule has 0 spiro atoms. The third-order valence-electron chi connectivity index (χ3n) is 6.21. The van der Waals surface area contributed by atoms with Crippen molar-refractivity contribution in [3.63, 3.8) is 0 Å². The van der Waals surface area contributed by atoms with Crippen molar-refractivity contribution in [1.29, 1.82) is 0 Å². The van der Waals surface area contributed by atoms with Gasteiger partial charge in [-0.3, -0.25) is 4.90 Å². The van der Waals surface area contributed by atoms with E-state index in [1.165, 1.54) is 0 Å². The van der Waals surface area contributed by atoms with Crippen LogP contribution >= 0.6 is 0 Å². The maximum absolute atomic E-state index is 12.6. The SMILES string of the molecule is CC(C)(C)OC(=O)N1CCCC1c1ncc(C2CCN(C(=O)OCc3ccccc3)CC2)[nH]1. The second-order valence-corrected chi connectivity index (χ2v) is 9.86. The van der Waals surface area contributed by atoms with Crippen LogP contribution in [0.4, 0.5) is 9.59 Å². The number of imidazole rings is 1. The highest BCUT2D eigenvalue weighted by atomic mass is 16.6. The Morgan fingerprint density at radius 2 is 1.79 bits per heavy atom. The molecule has 1 aromatic heterocycles. The average molecular weight is 455 g/mol. The fourth-order valence-corrected chi connectivity index (χ4v) is 4.50. The van der Waals surface area contributed by atoms with Gasteiger partial charge >= 0.3 is 12.2 Å². The molecule has 8 nitrogen and oxygen atoms in total. The van der Waals surface area contributed by atoms with E-state index in [0.29, 0.717) is 32.2 Å². The first-order valence-electron chi connectivity index (χ1n) is 11.8. The number of aromatic nitrogens is 2. The van der Waals surface area contributed by atoms with E-state index < -0.39 is 5.60 Å².